The molecule has 3 rings (SSSR count). The number of amides is 1. The number of carbonyl (C=O) groups is 1. The van der Waals surface area contributed by atoms with Crippen LogP contribution < -0.4 is 5.32 Å². The molecule has 5 nitrogen and oxygen atoms in total. The van der Waals surface area contributed by atoms with E-state index in [0.717, 1.165) is 56.7 Å². The molecule has 26 heavy (non-hydrogen) atoms. The predicted molar refractivity (Wildman–Crippen MR) is 104 cm³/mol. The van der Waals surface area contributed by atoms with Crippen molar-refractivity contribution in [2.45, 2.75) is 52.1 Å². The third-order valence-electron chi connectivity index (χ3n) is 5.05. The van der Waals surface area contributed by atoms with Crippen molar-refractivity contribution in [2.24, 2.45) is 0 Å². The summed E-state index contributed by atoms with van der Waals surface area (Å²) in [6, 6.07) is 12.9. The summed E-state index contributed by atoms with van der Waals surface area (Å²) >= 11 is 0. The quantitative estimate of drug-likeness (QED) is 0.832. The zero-order valence-electron chi connectivity index (χ0n) is 15.9. The summed E-state index contributed by atoms with van der Waals surface area (Å²) in [5.74, 6) is 0.0623. The van der Waals surface area contributed by atoms with Crippen LogP contribution in [0.15, 0.2) is 36.4 Å². The maximum Gasteiger partial charge on any atom is 0.242 e. The van der Waals surface area contributed by atoms with Crippen molar-refractivity contribution in [3.63, 3.8) is 0 Å². The van der Waals surface area contributed by atoms with Gasteiger partial charge in [-0.2, -0.15) is 5.10 Å². The molecule has 1 fully saturated rings. The van der Waals surface area contributed by atoms with Crippen LogP contribution >= 0.6 is 0 Å². The molecule has 5 heteroatoms. The van der Waals surface area contributed by atoms with Crippen LogP contribution in [0.3, 0.4) is 0 Å². The number of hydrogen-bond donors (Lipinski definition) is 1. The summed E-state index contributed by atoms with van der Waals surface area (Å²) in [5.41, 5.74) is 3.39. The molecular weight excluding hydrogens is 324 g/mol. The van der Waals surface area contributed by atoms with Crippen LogP contribution in [0.25, 0.3) is 0 Å². The van der Waals surface area contributed by atoms with E-state index in [4.69, 9.17) is 0 Å². The number of hydrogen-bond acceptors (Lipinski definition) is 3. The Labute approximate surface area is 156 Å². The van der Waals surface area contributed by atoms with Gasteiger partial charge in [0.15, 0.2) is 0 Å². The molecule has 2 heterocycles. The Morgan fingerprint density at radius 2 is 2.08 bits per heavy atom. The van der Waals surface area contributed by atoms with Crippen molar-refractivity contribution in [3.05, 3.63) is 53.3 Å². The Morgan fingerprint density at radius 1 is 1.27 bits per heavy atom. The van der Waals surface area contributed by atoms with E-state index in [1.807, 2.05) is 19.9 Å². The molecule has 1 aromatic heterocycles. The minimum atomic E-state index is 0.0623. The van der Waals surface area contributed by atoms with Gasteiger partial charge in [-0.1, -0.05) is 30.3 Å². The van der Waals surface area contributed by atoms with Gasteiger partial charge in [-0.05, 0) is 64.3 Å². The van der Waals surface area contributed by atoms with Crippen LogP contribution in [0.1, 0.15) is 36.2 Å². The normalized spacial score (nSPS) is 18.0. The predicted octanol–water partition coefficient (Wildman–Crippen LogP) is 2.71. The zero-order valence-corrected chi connectivity index (χ0v) is 15.9. The molecule has 2 aromatic rings. The maximum atomic E-state index is 12.4. The molecule has 1 aliphatic heterocycles. The third kappa shape index (κ3) is 5.43. The summed E-state index contributed by atoms with van der Waals surface area (Å²) in [5, 5.41) is 7.57. The highest BCUT2D eigenvalue weighted by Crippen LogP contribution is 2.12. The first-order valence-electron chi connectivity index (χ1n) is 9.67. The highest BCUT2D eigenvalue weighted by Gasteiger charge is 2.21. The van der Waals surface area contributed by atoms with Crippen molar-refractivity contribution < 1.29 is 4.79 Å². The lowest BCUT2D eigenvalue weighted by Gasteiger charge is -2.33. The zero-order chi connectivity index (χ0) is 18.4. The van der Waals surface area contributed by atoms with Gasteiger partial charge in [0.1, 0.15) is 6.54 Å². The molecule has 1 saturated heterocycles. The van der Waals surface area contributed by atoms with E-state index in [2.05, 4.69) is 45.6 Å². The lowest BCUT2D eigenvalue weighted by Crippen LogP contribution is -2.48. The molecular formula is C21H30N4O. The van der Waals surface area contributed by atoms with Crippen molar-refractivity contribution in [1.82, 2.24) is 20.0 Å². The van der Waals surface area contributed by atoms with Gasteiger partial charge in [-0.3, -0.25) is 9.48 Å². The first-order chi connectivity index (χ1) is 12.6. The maximum absolute atomic E-state index is 12.4. The summed E-state index contributed by atoms with van der Waals surface area (Å²) in [6.45, 7) is 7.44. The molecule has 1 atom stereocenters. The fourth-order valence-electron chi connectivity index (χ4n) is 3.77. The topological polar surface area (TPSA) is 50.2 Å². The Kier molecular flexibility index (Phi) is 6.45. The van der Waals surface area contributed by atoms with Crippen molar-refractivity contribution in [2.75, 3.05) is 19.6 Å². The van der Waals surface area contributed by atoms with Gasteiger partial charge in [0.25, 0.3) is 0 Å². The van der Waals surface area contributed by atoms with Crippen molar-refractivity contribution >= 4 is 5.91 Å². The van der Waals surface area contributed by atoms with Crippen LogP contribution in [0.2, 0.25) is 0 Å². The third-order valence-corrected chi connectivity index (χ3v) is 5.05. The van der Waals surface area contributed by atoms with Crippen LogP contribution in [0.4, 0.5) is 0 Å². The SMILES string of the molecule is Cc1cc(C)n(CC(=O)NC2CCCN(CCCc3ccccc3)C2)n1. The Balaban J connectivity index is 1.41. The fourth-order valence-corrected chi connectivity index (χ4v) is 3.77. The van der Waals surface area contributed by atoms with Gasteiger partial charge in [-0.25, -0.2) is 0 Å². The number of rotatable bonds is 7. The first-order valence-corrected chi connectivity index (χ1v) is 9.67. The highest BCUT2D eigenvalue weighted by atomic mass is 16.2. The number of aromatic nitrogens is 2. The Bertz CT molecular complexity index is 710. The minimum Gasteiger partial charge on any atom is -0.350 e. The summed E-state index contributed by atoms with van der Waals surface area (Å²) < 4.78 is 1.78. The van der Waals surface area contributed by atoms with Gasteiger partial charge >= 0.3 is 0 Å². The highest BCUT2D eigenvalue weighted by molar-refractivity contribution is 5.76. The molecule has 0 saturated carbocycles. The van der Waals surface area contributed by atoms with E-state index in [0.29, 0.717) is 6.54 Å². The van der Waals surface area contributed by atoms with Gasteiger partial charge in [0.2, 0.25) is 5.91 Å². The molecule has 0 spiro atoms. The minimum absolute atomic E-state index is 0.0623. The van der Waals surface area contributed by atoms with Gasteiger partial charge in [0.05, 0.1) is 5.69 Å². The molecule has 0 bridgehead atoms. The van der Waals surface area contributed by atoms with Crippen LogP contribution in [0.5, 0.6) is 0 Å². The van der Waals surface area contributed by atoms with Crippen molar-refractivity contribution in [1.29, 1.82) is 0 Å². The second-order valence-corrected chi connectivity index (χ2v) is 7.38. The summed E-state index contributed by atoms with van der Waals surface area (Å²) in [4.78, 5) is 14.8. The molecule has 1 N–H and O–H groups in total. The molecule has 0 radical (unpaired) electrons. The van der Waals surface area contributed by atoms with E-state index < -0.39 is 0 Å². The lowest BCUT2D eigenvalue weighted by atomic mass is 10.0. The van der Waals surface area contributed by atoms with Crippen LogP contribution in [-0.2, 0) is 17.8 Å². The summed E-state index contributed by atoms with van der Waals surface area (Å²) in [6.07, 6.45) is 4.50. The molecule has 140 valence electrons. The largest absolute Gasteiger partial charge is 0.350 e. The number of nitrogens with zero attached hydrogens (tertiary/aromatic N) is 3. The number of aryl methyl sites for hydroxylation is 3. The molecule has 1 unspecified atom stereocenters. The Morgan fingerprint density at radius 3 is 2.81 bits per heavy atom. The number of benzene rings is 1. The van der Waals surface area contributed by atoms with Crippen molar-refractivity contribution in [3.8, 4) is 0 Å². The van der Waals surface area contributed by atoms with E-state index >= 15 is 0 Å². The molecule has 1 amide bonds. The van der Waals surface area contributed by atoms with E-state index in [9.17, 15) is 4.79 Å². The number of nitrogens with one attached hydrogen (secondary N) is 1. The van der Waals surface area contributed by atoms with Gasteiger partial charge in [0, 0.05) is 18.3 Å². The summed E-state index contributed by atoms with van der Waals surface area (Å²) in [7, 11) is 0. The second kappa shape index (κ2) is 8.99. The first kappa shape index (κ1) is 18.6. The lowest BCUT2D eigenvalue weighted by molar-refractivity contribution is -0.123. The second-order valence-electron chi connectivity index (χ2n) is 7.38. The monoisotopic (exact) mass is 354 g/mol. The molecule has 0 aliphatic carbocycles. The fraction of sp³-hybridized carbons (Fsp3) is 0.524. The standard InChI is InChI=1S/C21H30N4O/c1-17-14-18(2)25(23-17)16-21(26)22-20-11-7-13-24(15-20)12-6-10-19-8-4-3-5-9-19/h3-5,8-9,14,20H,6-7,10-13,15-16H2,1-2H3,(H,22,26). The average molecular weight is 354 g/mol. The number of carbonyl (C=O) groups excluding carboxylic acids is 1. The van der Waals surface area contributed by atoms with Crippen LogP contribution in [-0.4, -0.2) is 46.3 Å². The van der Waals surface area contributed by atoms with E-state index in [1.165, 1.54) is 5.56 Å². The Hall–Kier alpha value is -2.14. The smallest absolute Gasteiger partial charge is 0.242 e. The van der Waals surface area contributed by atoms with E-state index in [1.54, 1.807) is 4.68 Å². The number of likely N-dealkylation sites (tertiary alicyclic amines) is 1. The average Bonchev–Trinajstić information content (AvgIpc) is 2.93. The number of piperidine rings is 1. The van der Waals surface area contributed by atoms with Gasteiger partial charge in [-0.15, -0.1) is 0 Å². The molecule has 1 aliphatic rings. The van der Waals surface area contributed by atoms with Crippen LogP contribution in [0, 0.1) is 13.8 Å². The molecule has 1 aromatic carbocycles. The van der Waals surface area contributed by atoms with Gasteiger partial charge < -0.3 is 10.2 Å². The van der Waals surface area contributed by atoms with E-state index in [-0.39, 0.29) is 11.9 Å².